The van der Waals surface area contributed by atoms with Gasteiger partial charge in [-0.3, -0.25) is 10.2 Å². The van der Waals surface area contributed by atoms with Crippen molar-refractivity contribution in [2.24, 2.45) is 0 Å². The number of nitrogens with one attached hydrogen (secondary N) is 2. The van der Waals surface area contributed by atoms with Crippen molar-refractivity contribution in [3.63, 3.8) is 0 Å². The van der Waals surface area contributed by atoms with Gasteiger partial charge in [-0.15, -0.1) is 0 Å². The summed E-state index contributed by atoms with van der Waals surface area (Å²) in [4.78, 5) is 15.3. The number of carbonyl (C=O) groups excluding carboxylic acids is 1. The van der Waals surface area contributed by atoms with E-state index in [4.69, 9.17) is 4.74 Å². The number of rotatable bonds is 8. The summed E-state index contributed by atoms with van der Waals surface area (Å²) < 4.78 is 34.4. The second kappa shape index (κ2) is 11.0. The highest BCUT2D eigenvalue weighted by Crippen LogP contribution is 2.29. The zero-order valence-corrected chi connectivity index (χ0v) is 20.2. The predicted molar refractivity (Wildman–Crippen MR) is 131 cm³/mol. The molecule has 0 radical (unpaired) electrons. The molecular formula is C26H31F2N5O2. The topological polar surface area (TPSA) is 71.4 Å². The number of hydrogen-bond donors (Lipinski definition) is 2. The molecule has 35 heavy (non-hydrogen) atoms. The Kier molecular flexibility index (Phi) is 7.77. The SMILES string of the molecule is COCCN1CC(c2ccc(F)c(F)c2)[C@H](NC(=O)Nc2cc(C(C)C)nn2-c2ccccc2)C1. The molecule has 9 heteroatoms. The minimum Gasteiger partial charge on any atom is -0.383 e. The summed E-state index contributed by atoms with van der Waals surface area (Å²) in [6.45, 7) is 6.46. The Morgan fingerprint density at radius 2 is 1.89 bits per heavy atom. The van der Waals surface area contributed by atoms with Gasteiger partial charge in [-0.05, 0) is 35.7 Å². The number of hydrogen-bond acceptors (Lipinski definition) is 4. The first kappa shape index (κ1) is 24.8. The third-order valence-electron chi connectivity index (χ3n) is 6.26. The van der Waals surface area contributed by atoms with Crippen LogP contribution in [0, 0.1) is 11.6 Å². The van der Waals surface area contributed by atoms with Gasteiger partial charge in [0.15, 0.2) is 11.6 Å². The van der Waals surface area contributed by atoms with Gasteiger partial charge in [0.2, 0.25) is 0 Å². The van der Waals surface area contributed by atoms with Gasteiger partial charge in [-0.2, -0.15) is 5.10 Å². The molecule has 0 saturated carbocycles. The summed E-state index contributed by atoms with van der Waals surface area (Å²) in [6, 6.07) is 14.7. The first-order chi connectivity index (χ1) is 16.9. The van der Waals surface area contributed by atoms with Crippen LogP contribution in [0.5, 0.6) is 0 Å². The van der Waals surface area contributed by atoms with Gasteiger partial charge in [0.1, 0.15) is 5.82 Å². The van der Waals surface area contributed by atoms with Crippen molar-refractivity contribution in [2.75, 3.05) is 38.7 Å². The monoisotopic (exact) mass is 483 g/mol. The molecule has 0 aliphatic carbocycles. The molecule has 0 spiro atoms. The molecule has 1 aromatic heterocycles. The van der Waals surface area contributed by atoms with Crippen LogP contribution in [0.15, 0.2) is 54.6 Å². The second-order valence-corrected chi connectivity index (χ2v) is 9.09. The molecule has 3 aromatic rings. The van der Waals surface area contributed by atoms with E-state index in [1.807, 2.05) is 50.2 Å². The molecular weight excluding hydrogens is 452 g/mol. The Morgan fingerprint density at radius 1 is 1.11 bits per heavy atom. The number of anilines is 1. The standard InChI is InChI=1S/C26H31F2N5O2/c1-17(2)23-14-25(33(31-23)19-7-5-4-6-8-19)30-26(34)29-24-16-32(11-12-35-3)15-20(24)18-9-10-21(27)22(28)13-18/h4-10,13-14,17,20,24H,11-12,15-16H2,1-3H3,(H2,29,30,34)/t20?,24-/m1/s1. The molecule has 0 bridgehead atoms. The molecule has 1 fully saturated rings. The first-order valence-corrected chi connectivity index (χ1v) is 11.7. The molecule has 7 nitrogen and oxygen atoms in total. The predicted octanol–water partition coefficient (Wildman–Crippen LogP) is 4.51. The molecule has 2 amide bonds. The third kappa shape index (κ3) is 5.86. The van der Waals surface area contributed by atoms with Crippen LogP contribution in [0.4, 0.5) is 19.4 Å². The molecule has 1 aliphatic rings. The average molecular weight is 484 g/mol. The zero-order valence-electron chi connectivity index (χ0n) is 20.2. The highest BCUT2D eigenvalue weighted by molar-refractivity contribution is 5.89. The van der Waals surface area contributed by atoms with Crippen LogP contribution in [0.3, 0.4) is 0 Å². The Hall–Kier alpha value is -3.30. The molecule has 4 rings (SSSR count). The van der Waals surface area contributed by atoms with Gasteiger partial charge in [-0.1, -0.05) is 38.1 Å². The van der Waals surface area contributed by atoms with Gasteiger partial charge in [0, 0.05) is 38.7 Å². The number of ether oxygens (including phenoxy) is 1. The molecule has 186 valence electrons. The number of nitrogens with zero attached hydrogens (tertiary/aromatic N) is 3. The van der Waals surface area contributed by atoms with Gasteiger partial charge >= 0.3 is 6.03 Å². The molecule has 1 unspecified atom stereocenters. The molecule has 2 N–H and O–H groups in total. The Bertz CT molecular complexity index is 1150. The number of likely N-dealkylation sites (tertiary alicyclic amines) is 1. The Labute approximate surface area is 204 Å². The van der Waals surface area contributed by atoms with Crippen LogP contribution >= 0.6 is 0 Å². The fraction of sp³-hybridized carbons (Fsp3) is 0.385. The molecule has 2 atom stereocenters. The van der Waals surface area contributed by atoms with E-state index in [1.54, 1.807) is 17.9 Å². The van der Waals surface area contributed by atoms with Crippen molar-refractivity contribution < 1.29 is 18.3 Å². The van der Waals surface area contributed by atoms with Gasteiger partial charge in [0.05, 0.1) is 24.0 Å². The lowest BCUT2D eigenvalue weighted by Gasteiger charge is -2.21. The fourth-order valence-corrected chi connectivity index (χ4v) is 4.37. The molecule has 2 heterocycles. The van der Waals surface area contributed by atoms with E-state index in [-0.39, 0.29) is 23.9 Å². The summed E-state index contributed by atoms with van der Waals surface area (Å²) in [5.41, 5.74) is 2.34. The van der Waals surface area contributed by atoms with Gasteiger partial charge in [-0.25, -0.2) is 18.3 Å². The highest BCUT2D eigenvalue weighted by Gasteiger charge is 2.35. The number of halogens is 2. The summed E-state index contributed by atoms with van der Waals surface area (Å²) >= 11 is 0. The van der Waals surface area contributed by atoms with E-state index in [0.717, 1.165) is 17.4 Å². The quantitative estimate of drug-likeness (QED) is 0.495. The smallest absolute Gasteiger partial charge is 0.320 e. The van der Waals surface area contributed by atoms with E-state index >= 15 is 0 Å². The van der Waals surface area contributed by atoms with E-state index in [2.05, 4.69) is 20.6 Å². The van der Waals surface area contributed by atoms with E-state index < -0.39 is 11.6 Å². The van der Waals surface area contributed by atoms with Crippen LogP contribution in [0.1, 0.15) is 36.9 Å². The lowest BCUT2D eigenvalue weighted by molar-refractivity contribution is 0.159. The zero-order chi connectivity index (χ0) is 24.9. The molecule has 1 aliphatic heterocycles. The second-order valence-electron chi connectivity index (χ2n) is 9.09. The fourth-order valence-electron chi connectivity index (χ4n) is 4.37. The highest BCUT2D eigenvalue weighted by atomic mass is 19.2. The number of methoxy groups -OCH3 is 1. The van der Waals surface area contributed by atoms with E-state index in [9.17, 15) is 13.6 Å². The number of benzene rings is 2. The van der Waals surface area contributed by atoms with Crippen molar-refractivity contribution in [1.29, 1.82) is 0 Å². The van der Waals surface area contributed by atoms with Crippen LogP contribution < -0.4 is 10.6 Å². The number of urea groups is 1. The number of carbonyl (C=O) groups is 1. The van der Waals surface area contributed by atoms with Gasteiger partial charge in [0.25, 0.3) is 0 Å². The Balaban J connectivity index is 1.54. The first-order valence-electron chi connectivity index (χ1n) is 11.7. The molecule has 2 aromatic carbocycles. The maximum Gasteiger partial charge on any atom is 0.320 e. The van der Waals surface area contributed by atoms with Crippen LogP contribution in [-0.2, 0) is 4.74 Å². The largest absolute Gasteiger partial charge is 0.383 e. The third-order valence-corrected chi connectivity index (χ3v) is 6.26. The number of para-hydroxylation sites is 1. The average Bonchev–Trinajstić information content (AvgIpc) is 3.44. The maximum absolute atomic E-state index is 14.0. The lowest BCUT2D eigenvalue weighted by Crippen LogP contribution is -2.42. The summed E-state index contributed by atoms with van der Waals surface area (Å²) in [5, 5.41) is 10.6. The van der Waals surface area contributed by atoms with Crippen LogP contribution in [0.25, 0.3) is 5.69 Å². The minimum atomic E-state index is -0.894. The maximum atomic E-state index is 14.0. The Morgan fingerprint density at radius 3 is 2.57 bits per heavy atom. The molecule has 1 saturated heterocycles. The lowest BCUT2D eigenvalue weighted by atomic mass is 9.94. The summed E-state index contributed by atoms with van der Waals surface area (Å²) in [5.74, 6) is -1.24. The number of amides is 2. The normalized spacial score (nSPS) is 18.2. The van der Waals surface area contributed by atoms with Crippen molar-refractivity contribution in [3.05, 3.63) is 77.5 Å². The van der Waals surface area contributed by atoms with Crippen molar-refractivity contribution in [2.45, 2.75) is 31.7 Å². The van der Waals surface area contributed by atoms with E-state index in [0.29, 0.717) is 37.6 Å². The van der Waals surface area contributed by atoms with Gasteiger partial charge < -0.3 is 10.1 Å². The summed E-state index contributed by atoms with van der Waals surface area (Å²) in [6.07, 6.45) is 0. The van der Waals surface area contributed by atoms with Crippen molar-refractivity contribution in [3.8, 4) is 5.69 Å². The minimum absolute atomic E-state index is 0.186. The van der Waals surface area contributed by atoms with Crippen LogP contribution in [-0.4, -0.2) is 60.1 Å². The van der Waals surface area contributed by atoms with Crippen LogP contribution in [0.2, 0.25) is 0 Å². The van der Waals surface area contributed by atoms with Crippen molar-refractivity contribution >= 4 is 11.8 Å². The number of aromatic nitrogens is 2. The van der Waals surface area contributed by atoms with E-state index in [1.165, 1.54) is 6.07 Å². The van der Waals surface area contributed by atoms with Crippen molar-refractivity contribution in [1.82, 2.24) is 20.0 Å². The summed E-state index contributed by atoms with van der Waals surface area (Å²) in [7, 11) is 1.63.